The van der Waals surface area contributed by atoms with Gasteiger partial charge in [-0.2, -0.15) is 0 Å². The van der Waals surface area contributed by atoms with Crippen molar-refractivity contribution in [3.63, 3.8) is 0 Å². The molecule has 3 aromatic carbocycles. The minimum atomic E-state index is -0.389. The lowest BCUT2D eigenvalue weighted by Crippen LogP contribution is -2.49. The molecule has 0 bridgehead atoms. The number of amides is 2. The highest BCUT2D eigenvalue weighted by Crippen LogP contribution is 2.29. The molecule has 1 saturated heterocycles. The largest absolute Gasteiger partial charge is 0.300 e. The Morgan fingerprint density at radius 3 is 1.97 bits per heavy atom. The Bertz CT molecular complexity index is 1110. The van der Waals surface area contributed by atoms with Gasteiger partial charge in [0.05, 0.1) is 6.04 Å². The summed E-state index contributed by atoms with van der Waals surface area (Å²) in [7, 11) is 0. The predicted molar refractivity (Wildman–Crippen MR) is 144 cm³/mol. The topological polar surface area (TPSA) is 64.7 Å². The maximum Gasteiger partial charge on any atom is 0.262 e. The van der Waals surface area contributed by atoms with Gasteiger partial charge in [0.25, 0.3) is 5.91 Å². The first kappa shape index (κ1) is 25.6. The van der Waals surface area contributed by atoms with Crippen LogP contribution in [0.2, 0.25) is 5.02 Å². The average Bonchev–Trinajstić information content (AvgIpc) is 2.92. The van der Waals surface area contributed by atoms with E-state index in [1.54, 1.807) is 18.2 Å². The molecule has 186 valence electrons. The number of halogens is 1. The summed E-state index contributed by atoms with van der Waals surface area (Å²) < 4.78 is 0. The number of hydrogen-bond donors (Lipinski definition) is 2. The molecule has 2 N–H and O–H groups in total. The van der Waals surface area contributed by atoms with Crippen LogP contribution in [0.5, 0.6) is 0 Å². The van der Waals surface area contributed by atoms with Gasteiger partial charge >= 0.3 is 0 Å². The van der Waals surface area contributed by atoms with Crippen molar-refractivity contribution in [3.05, 3.63) is 113 Å². The van der Waals surface area contributed by atoms with E-state index in [2.05, 4.69) is 69.2 Å². The lowest BCUT2D eigenvalue weighted by molar-refractivity contribution is -0.127. The van der Waals surface area contributed by atoms with Gasteiger partial charge in [0.2, 0.25) is 5.91 Å². The first-order valence-corrected chi connectivity index (χ1v) is 12.5. The Balaban J connectivity index is 1.21. The van der Waals surface area contributed by atoms with Crippen LogP contribution in [-0.2, 0) is 9.59 Å². The Kier molecular flexibility index (Phi) is 9.27. The number of nitrogens with zero attached hydrogens (tertiary/aromatic N) is 2. The molecule has 0 saturated carbocycles. The summed E-state index contributed by atoms with van der Waals surface area (Å²) in [4.78, 5) is 29.0. The third kappa shape index (κ3) is 7.52. The fourth-order valence-electron chi connectivity index (χ4n) is 4.37. The van der Waals surface area contributed by atoms with E-state index in [-0.39, 0.29) is 17.9 Å². The van der Waals surface area contributed by atoms with Crippen molar-refractivity contribution in [2.75, 3.05) is 32.7 Å². The first-order chi connectivity index (χ1) is 17.6. The zero-order valence-corrected chi connectivity index (χ0v) is 20.9. The Morgan fingerprint density at radius 2 is 1.39 bits per heavy atom. The van der Waals surface area contributed by atoms with E-state index in [1.165, 1.54) is 17.2 Å². The van der Waals surface area contributed by atoms with E-state index in [1.807, 2.05) is 24.3 Å². The molecule has 1 heterocycles. The van der Waals surface area contributed by atoms with Gasteiger partial charge in [0.15, 0.2) is 0 Å². The molecule has 0 atom stereocenters. The maximum absolute atomic E-state index is 12.2. The van der Waals surface area contributed by atoms with Crippen molar-refractivity contribution in [1.82, 2.24) is 20.7 Å². The number of hydrazine groups is 1. The molecule has 0 spiro atoms. The SMILES string of the molecule is O=C(C=Cc1ccc(Cl)cc1)NNC(=O)CCN1CCN(C(c2ccccc2)c2ccccc2)CC1. The smallest absolute Gasteiger partial charge is 0.262 e. The second kappa shape index (κ2) is 13.0. The second-order valence-electron chi connectivity index (χ2n) is 8.77. The quantitative estimate of drug-likeness (QED) is 0.356. The summed E-state index contributed by atoms with van der Waals surface area (Å²) in [5, 5.41) is 0.637. The van der Waals surface area contributed by atoms with E-state index >= 15 is 0 Å². The summed E-state index contributed by atoms with van der Waals surface area (Å²) in [6.07, 6.45) is 3.36. The Hall–Kier alpha value is -3.45. The zero-order chi connectivity index (χ0) is 25.2. The van der Waals surface area contributed by atoms with Crippen molar-refractivity contribution in [2.45, 2.75) is 12.5 Å². The Labute approximate surface area is 217 Å². The zero-order valence-electron chi connectivity index (χ0n) is 20.1. The molecule has 0 radical (unpaired) electrons. The lowest BCUT2D eigenvalue weighted by Gasteiger charge is -2.39. The number of piperazine rings is 1. The van der Waals surface area contributed by atoms with Gasteiger partial charge in [-0.25, -0.2) is 0 Å². The summed E-state index contributed by atoms with van der Waals surface area (Å²) in [5.74, 6) is -0.600. The van der Waals surface area contributed by atoms with E-state index in [0.29, 0.717) is 18.0 Å². The molecule has 36 heavy (non-hydrogen) atoms. The molecule has 0 aliphatic carbocycles. The highest BCUT2D eigenvalue weighted by Gasteiger charge is 2.26. The predicted octanol–water partition coefficient (Wildman–Crippen LogP) is 4.30. The molecule has 7 heteroatoms. The first-order valence-electron chi connectivity index (χ1n) is 12.2. The van der Waals surface area contributed by atoms with Crippen molar-refractivity contribution in [2.24, 2.45) is 0 Å². The fourth-order valence-corrected chi connectivity index (χ4v) is 4.50. The summed E-state index contributed by atoms with van der Waals surface area (Å²) in [6, 6.07) is 28.6. The molecule has 6 nitrogen and oxygen atoms in total. The number of hydrogen-bond acceptors (Lipinski definition) is 4. The van der Waals surface area contributed by atoms with Crippen molar-refractivity contribution < 1.29 is 9.59 Å². The van der Waals surface area contributed by atoms with Crippen LogP contribution in [0, 0.1) is 0 Å². The van der Waals surface area contributed by atoms with Crippen LogP contribution in [0.25, 0.3) is 6.08 Å². The van der Waals surface area contributed by atoms with Gasteiger partial charge in [0.1, 0.15) is 0 Å². The highest BCUT2D eigenvalue weighted by molar-refractivity contribution is 6.30. The van der Waals surface area contributed by atoms with Gasteiger partial charge in [-0.15, -0.1) is 0 Å². The molecule has 0 unspecified atom stereocenters. The molecule has 3 aromatic rings. The molecular formula is C29H31ClN4O2. The monoisotopic (exact) mass is 502 g/mol. The third-order valence-electron chi connectivity index (χ3n) is 6.28. The molecule has 0 aromatic heterocycles. The normalized spacial score (nSPS) is 14.7. The van der Waals surface area contributed by atoms with Crippen LogP contribution in [0.3, 0.4) is 0 Å². The van der Waals surface area contributed by atoms with Crippen LogP contribution in [0.4, 0.5) is 0 Å². The van der Waals surface area contributed by atoms with E-state index in [0.717, 1.165) is 31.7 Å². The fraction of sp³-hybridized carbons (Fsp3) is 0.241. The van der Waals surface area contributed by atoms with Crippen LogP contribution in [-0.4, -0.2) is 54.3 Å². The summed E-state index contributed by atoms with van der Waals surface area (Å²) >= 11 is 5.86. The van der Waals surface area contributed by atoms with E-state index < -0.39 is 0 Å². The number of carbonyl (C=O) groups is 2. The maximum atomic E-state index is 12.2. The molecular weight excluding hydrogens is 472 g/mol. The van der Waals surface area contributed by atoms with E-state index in [4.69, 9.17) is 11.6 Å². The molecule has 2 amide bonds. The average molecular weight is 503 g/mol. The summed E-state index contributed by atoms with van der Waals surface area (Å²) in [6.45, 7) is 4.27. The van der Waals surface area contributed by atoms with Crippen LogP contribution < -0.4 is 10.9 Å². The number of benzene rings is 3. The molecule has 1 aliphatic heterocycles. The van der Waals surface area contributed by atoms with Crippen molar-refractivity contribution >= 4 is 29.5 Å². The van der Waals surface area contributed by atoms with Gasteiger partial charge < -0.3 is 4.90 Å². The van der Waals surface area contributed by atoms with Crippen molar-refractivity contribution in [3.8, 4) is 0 Å². The van der Waals surface area contributed by atoms with Crippen LogP contribution in [0.15, 0.2) is 91.0 Å². The van der Waals surface area contributed by atoms with Crippen LogP contribution >= 0.6 is 11.6 Å². The summed E-state index contributed by atoms with van der Waals surface area (Å²) in [5.41, 5.74) is 8.35. The van der Waals surface area contributed by atoms with Gasteiger partial charge in [-0.3, -0.25) is 25.3 Å². The van der Waals surface area contributed by atoms with Gasteiger partial charge in [0, 0.05) is 50.2 Å². The van der Waals surface area contributed by atoms with Crippen molar-refractivity contribution in [1.29, 1.82) is 0 Å². The molecule has 4 rings (SSSR count). The van der Waals surface area contributed by atoms with Gasteiger partial charge in [-0.05, 0) is 34.9 Å². The number of carbonyl (C=O) groups excluding carboxylic acids is 2. The minimum Gasteiger partial charge on any atom is -0.300 e. The number of rotatable bonds is 8. The third-order valence-corrected chi connectivity index (χ3v) is 6.53. The highest BCUT2D eigenvalue weighted by atomic mass is 35.5. The van der Waals surface area contributed by atoms with Crippen LogP contribution in [0.1, 0.15) is 29.2 Å². The standard InChI is InChI=1S/C29H31ClN4O2/c30-26-14-11-23(12-15-26)13-16-27(35)31-32-28(36)17-18-33-19-21-34(22-20-33)29(24-7-3-1-4-8-24)25-9-5-2-6-10-25/h1-16,29H,17-22H2,(H,31,35)(H,32,36). The molecule has 1 fully saturated rings. The minimum absolute atomic E-state index is 0.211. The Morgan fingerprint density at radius 1 is 0.806 bits per heavy atom. The number of nitrogens with one attached hydrogen (secondary N) is 2. The lowest BCUT2D eigenvalue weighted by atomic mass is 9.96. The second-order valence-corrected chi connectivity index (χ2v) is 9.21. The molecule has 1 aliphatic rings. The van der Waals surface area contributed by atoms with Gasteiger partial charge in [-0.1, -0.05) is 84.4 Å². The van der Waals surface area contributed by atoms with E-state index in [9.17, 15) is 9.59 Å².